The van der Waals surface area contributed by atoms with Crippen molar-refractivity contribution in [2.75, 3.05) is 9.80 Å². The third kappa shape index (κ3) is 6.52. The first-order valence-electron chi connectivity index (χ1n) is 23.6. The molecule has 0 unspecified atom stereocenters. The molecular weight excluding hydrogens is 849 g/mol. The van der Waals surface area contributed by atoms with E-state index in [2.05, 4.69) is 234 Å². The molecule has 2 aromatic heterocycles. The van der Waals surface area contributed by atoms with E-state index in [9.17, 15) is 0 Å². The molecule has 328 valence electrons. The summed E-state index contributed by atoms with van der Waals surface area (Å²) in [7, 11) is -3.29. The molecule has 0 aliphatic heterocycles. The summed E-state index contributed by atoms with van der Waals surface area (Å²) >= 11 is 0. The van der Waals surface area contributed by atoms with Crippen molar-refractivity contribution in [2.24, 2.45) is 0 Å². The van der Waals surface area contributed by atoms with E-state index in [0.29, 0.717) is 0 Å². The molecule has 6 heteroatoms. The van der Waals surface area contributed by atoms with Crippen LogP contribution in [0, 0.1) is 20.8 Å². The zero-order valence-corrected chi connectivity index (χ0v) is 41.8. The van der Waals surface area contributed by atoms with Gasteiger partial charge in [0.2, 0.25) is 0 Å². The molecule has 67 heavy (non-hydrogen) atoms. The summed E-state index contributed by atoms with van der Waals surface area (Å²) in [5, 5.41) is 14.6. The van der Waals surface area contributed by atoms with Crippen LogP contribution in [0.1, 0.15) is 16.7 Å². The molecule has 2 heterocycles. The standard InChI is InChI=1S/C61H54N2O2Si2/c1-37-32-40-24-28-48-54(62(50-30-26-42(34-38(50)2)66(4,5)6)52-20-14-18-46-44-16-10-12-22-56(44)64-60(46)52)36-55(49-29-25-41(33-37)58(40)59(48)49)63(51-31-27-43(35-39(51)3)67(7,8)9)53-21-15-19-47-45-17-11-13-23-57(45)65-61(47)53/h10-36H,1-9H3. The Hall–Kier alpha value is -7.13. The highest BCUT2D eigenvalue weighted by Gasteiger charge is 2.30. The van der Waals surface area contributed by atoms with E-state index in [1.807, 2.05) is 0 Å². The maximum atomic E-state index is 6.96. The summed E-state index contributed by atoms with van der Waals surface area (Å²) in [6, 6.07) is 60.9. The van der Waals surface area contributed by atoms with Crippen molar-refractivity contribution in [1.82, 2.24) is 0 Å². The minimum atomic E-state index is -1.65. The second-order valence-electron chi connectivity index (χ2n) is 20.8. The first-order chi connectivity index (χ1) is 32.2. The number of anilines is 6. The van der Waals surface area contributed by atoms with E-state index < -0.39 is 16.1 Å². The Morgan fingerprint density at radius 3 is 1.21 bits per heavy atom. The quantitative estimate of drug-likeness (QED) is 0.112. The molecule has 4 nitrogen and oxygen atoms in total. The first kappa shape index (κ1) is 41.3. The number of aryl methyl sites for hydroxylation is 3. The Morgan fingerprint density at radius 1 is 0.343 bits per heavy atom. The summed E-state index contributed by atoms with van der Waals surface area (Å²) in [4.78, 5) is 4.99. The lowest BCUT2D eigenvalue weighted by Crippen LogP contribution is -2.37. The van der Waals surface area contributed by atoms with Crippen LogP contribution >= 0.6 is 0 Å². The van der Waals surface area contributed by atoms with Crippen molar-refractivity contribution in [3.05, 3.63) is 180 Å². The predicted octanol–water partition coefficient (Wildman–Crippen LogP) is 17.3. The second-order valence-corrected chi connectivity index (χ2v) is 30.9. The lowest BCUT2D eigenvalue weighted by atomic mass is 9.90. The van der Waals surface area contributed by atoms with Gasteiger partial charge < -0.3 is 18.6 Å². The maximum absolute atomic E-state index is 6.96. The summed E-state index contributed by atoms with van der Waals surface area (Å²) in [6.45, 7) is 21.3. The molecule has 0 radical (unpaired) electrons. The molecule has 0 fully saturated rings. The van der Waals surface area contributed by atoms with E-state index in [4.69, 9.17) is 8.83 Å². The fourth-order valence-corrected chi connectivity index (χ4v) is 13.2. The molecule has 12 rings (SSSR count). The third-order valence-electron chi connectivity index (χ3n) is 14.2. The van der Waals surface area contributed by atoms with Crippen LogP contribution in [0.2, 0.25) is 39.3 Å². The summed E-state index contributed by atoms with van der Waals surface area (Å²) in [5.41, 5.74) is 13.6. The van der Waals surface area contributed by atoms with E-state index in [1.54, 1.807) is 0 Å². The van der Waals surface area contributed by atoms with Gasteiger partial charge >= 0.3 is 0 Å². The number of benzene rings is 10. The molecule has 12 aromatic rings. The van der Waals surface area contributed by atoms with Gasteiger partial charge in [-0.25, -0.2) is 0 Å². The minimum Gasteiger partial charge on any atom is -0.454 e. The van der Waals surface area contributed by atoms with E-state index in [1.165, 1.54) is 59.4 Å². The van der Waals surface area contributed by atoms with Gasteiger partial charge in [0.25, 0.3) is 0 Å². The Labute approximate surface area is 394 Å². The van der Waals surface area contributed by atoms with Gasteiger partial charge in [-0.15, -0.1) is 0 Å². The zero-order chi connectivity index (χ0) is 46.1. The minimum absolute atomic E-state index is 0.863. The highest BCUT2D eigenvalue weighted by atomic mass is 28.3. The number of furan rings is 2. The molecule has 0 aliphatic carbocycles. The van der Waals surface area contributed by atoms with E-state index in [-0.39, 0.29) is 0 Å². The van der Waals surface area contributed by atoms with Gasteiger partial charge in [0.1, 0.15) is 11.2 Å². The maximum Gasteiger partial charge on any atom is 0.159 e. The van der Waals surface area contributed by atoms with Gasteiger partial charge in [-0.2, -0.15) is 0 Å². The largest absolute Gasteiger partial charge is 0.454 e. The van der Waals surface area contributed by atoms with E-state index in [0.717, 1.165) is 78.0 Å². The van der Waals surface area contributed by atoms with Crippen molar-refractivity contribution in [2.45, 2.75) is 60.1 Å². The van der Waals surface area contributed by atoms with Crippen molar-refractivity contribution in [3.8, 4) is 0 Å². The van der Waals surface area contributed by atoms with Crippen molar-refractivity contribution in [1.29, 1.82) is 0 Å². The van der Waals surface area contributed by atoms with Gasteiger partial charge in [-0.3, -0.25) is 0 Å². The Morgan fingerprint density at radius 2 is 0.776 bits per heavy atom. The fraction of sp³-hybridized carbons (Fsp3) is 0.148. The molecule has 0 amide bonds. The lowest BCUT2D eigenvalue weighted by molar-refractivity contribution is 0.669. The second kappa shape index (κ2) is 14.9. The number of rotatable bonds is 8. The highest BCUT2D eigenvalue weighted by molar-refractivity contribution is 6.89. The van der Waals surface area contributed by atoms with Crippen LogP contribution in [0.4, 0.5) is 34.1 Å². The van der Waals surface area contributed by atoms with Gasteiger partial charge in [-0.1, -0.05) is 171 Å². The number of hydrogen-bond donors (Lipinski definition) is 0. The smallest absolute Gasteiger partial charge is 0.159 e. The SMILES string of the molecule is Cc1cc2ccc3c(N(c4ccc([Si](C)(C)C)cc4C)c4cccc5c4oc4ccccc45)cc(N(c4ccc([Si](C)(C)C)cc4C)c4cccc5c4oc4ccccc45)c4ccc(c1)c2c34. The van der Waals surface area contributed by atoms with Gasteiger partial charge in [0, 0.05) is 49.1 Å². The highest BCUT2D eigenvalue weighted by Crippen LogP contribution is 2.53. The summed E-state index contributed by atoms with van der Waals surface area (Å²) in [6.07, 6.45) is 0. The molecule has 0 atom stereocenters. The molecule has 0 N–H and O–H groups in total. The molecule has 10 aromatic carbocycles. The molecule has 0 saturated heterocycles. The lowest BCUT2D eigenvalue weighted by Gasteiger charge is -2.34. The Kier molecular flexibility index (Phi) is 9.21. The number of hydrogen-bond acceptors (Lipinski definition) is 4. The topological polar surface area (TPSA) is 32.8 Å². The molecule has 0 aliphatic rings. The van der Waals surface area contributed by atoms with E-state index >= 15 is 0 Å². The first-order valence-corrected chi connectivity index (χ1v) is 30.6. The summed E-state index contributed by atoms with van der Waals surface area (Å²) < 4.78 is 13.9. The van der Waals surface area contributed by atoms with Crippen LogP contribution in [0.5, 0.6) is 0 Å². The molecule has 0 bridgehead atoms. The molecule has 0 saturated carbocycles. The Balaban J connectivity index is 1.26. The average Bonchev–Trinajstić information content (AvgIpc) is 3.88. The Bertz CT molecular complexity index is 3710. The van der Waals surface area contributed by atoms with Crippen LogP contribution in [0.3, 0.4) is 0 Å². The number of para-hydroxylation sites is 4. The normalized spacial score (nSPS) is 12.6. The average molecular weight is 903 g/mol. The number of fused-ring (bicyclic) bond motifs is 6. The van der Waals surface area contributed by atoms with Crippen LogP contribution in [0.15, 0.2) is 173 Å². The van der Waals surface area contributed by atoms with Crippen LogP contribution in [-0.4, -0.2) is 16.1 Å². The van der Waals surface area contributed by atoms with Crippen molar-refractivity contribution >= 4 is 137 Å². The molecular formula is C61H54N2O2Si2. The third-order valence-corrected chi connectivity index (χ3v) is 18.2. The summed E-state index contributed by atoms with van der Waals surface area (Å²) in [5.74, 6) is 0. The monoisotopic (exact) mass is 902 g/mol. The van der Waals surface area contributed by atoms with Crippen LogP contribution in [0.25, 0.3) is 76.2 Å². The van der Waals surface area contributed by atoms with Gasteiger partial charge in [0.15, 0.2) is 11.2 Å². The van der Waals surface area contributed by atoms with Crippen LogP contribution in [-0.2, 0) is 0 Å². The van der Waals surface area contributed by atoms with Gasteiger partial charge in [0.05, 0.1) is 38.9 Å². The van der Waals surface area contributed by atoms with Crippen molar-refractivity contribution in [3.63, 3.8) is 0 Å². The predicted molar refractivity (Wildman–Crippen MR) is 294 cm³/mol. The fourth-order valence-electron chi connectivity index (χ4n) is 10.7. The van der Waals surface area contributed by atoms with Crippen molar-refractivity contribution < 1.29 is 8.83 Å². The molecule has 0 spiro atoms. The van der Waals surface area contributed by atoms with Gasteiger partial charge in [-0.05, 0) is 96.1 Å². The van der Waals surface area contributed by atoms with Crippen LogP contribution < -0.4 is 20.2 Å². The zero-order valence-electron chi connectivity index (χ0n) is 39.8. The number of nitrogens with zero attached hydrogens (tertiary/aromatic N) is 2.